The first-order chi connectivity index (χ1) is 16.9. The number of anilines is 4. The molecule has 0 bridgehead atoms. The van der Waals surface area contributed by atoms with Crippen molar-refractivity contribution in [2.75, 3.05) is 28.6 Å². The van der Waals surface area contributed by atoms with E-state index < -0.39 is 5.60 Å². The van der Waals surface area contributed by atoms with Crippen molar-refractivity contribution in [3.63, 3.8) is 0 Å². The van der Waals surface area contributed by atoms with Gasteiger partial charge in [-0.2, -0.15) is 5.10 Å². The summed E-state index contributed by atoms with van der Waals surface area (Å²) in [5, 5.41) is 25.0. The molecule has 9 nitrogen and oxygen atoms in total. The van der Waals surface area contributed by atoms with Gasteiger partial charge in [-0.1, -0.05) is 19.8 Å². The summed E-state index contributed by atoms with van der Waals surface area (Å²) >= 11 is 1.45. The number of carbonyl (C=O) groups is 1. The highest BCUT2D eigenvalue weighted by molar-refractivity contribution is 7.99. The average molecular weight is 494 g/mol. The first-order valence-electron chi connectivity index (χ1n) is 12.1. The lowest BCUT2D eigenvalue weighted by Gasteiger charge is -2.50. The van der Waals surface area contributed by atoms with Gasteiger partial charge in [0.05, 0.1) is 18.8 Å². The number of nitrogens with one attached hydrogen (secondary N) is 3. The van der Waals surface area contributed by atoms with Crippen molar-refractivity contribution >= 4 is 40.8 Å². The number of rotatable bonds is 8. The Labute approximate surface area is 209 Å². The fraction of sp³-hybridized carbons (Fsp3) is 0.440. The molecule has 2 fully saturated rings. The van der Waals surface area contributed by atoms with Gasteiger partial charge in [-0.25, -0.2) is 9.97 Å². The van der Waals surface area contributed by atoms with E-state index in [4.69, 9.17) is 9.97 Å². The Hall–Kier alpha value is -3.11. The van der Waals surface area contributed by atoms with E-state index in [1.165, 1.54) is 24.6 Å². The minimum Gasteiger partial charge on any atom is -0.386 e. The van der Waals surface area contributed by atoms with Crippen molar-refractivity contribution in [3.05, 3.63) is 42.1 Å². The van der Waals surface area contributed by atoms with E-state index in [1.54, 1.807) is 0 Å². The molecular weight excluding hydrogens is 462 g/mol. The van der Waals surface area contributed by atoms with E-state index in [1.807, 2.05) is 50.2 Å². The summed E-state index contributed by atoms with van der Waals surface area (Å²) in [4.78, 5) is 24.2. The molecule has 2 aliphatic rings. The average Bonchev–Trinajstić information content (AvgIpc) is 3.50. The zero-order chi connectivity index (χ0) is 24.4. The van der Waals surface area contributed by atoms with E-state index in [9.17, 15) is 9.90 Å². The van der Waals surface area contributed by atoms with Crippen LogP contribution in [0.25, 0.3) is 0 Å². The van der Waals surface area contributed by atoms with Crippen LogP contribution in [-0.4, -0.2) is 49.9 Å². The van der Waals surface area contributed by atoms with Crippen LogP contribution >= 0.6 is 11.8 Å². The van der Waals surface area contributed by atoms with E-state index in [0.717, 1.165) is 40.8 Å². The predicted octanol–water partition coefficient (Wildman–Crippen LogP) is 4.49. The number of aromatic nitrogens is 4. The van der Waals surface area contributed by atoms with Gasteiger partial charge in [0, 0.05) is 29.1 Å². The monoisotopic (exact) mass is 493 g/mol. The second kappa shape index (κ2) is 9.87. The van der Waals surface area contributed by atoms with Gasteiger partial charge < -0.3 is 20.6 Å². The number of aromatic amines is 1. The maximum absolute atomic E-state index is 11.6. The molecule has 35 heavy (non-hydrogen) atoms. The smallest absolute Gasteiger partial charge is 0.224 e. The quantitative estimate of drug-likeness (QED) is 0.339. The Morgan fingerprint density at radius 3 is 2.60 bits per heavy atom. The summed E-state index contributed by atoms with van der Waals surface area (Å²) in [5.41, 5.74) is 1.03. The fourth-order valence-electron chi connectivity index (χ4n) is 4.77. The molecule has 1 aromatic carbocycles. The summed E-state index contributed by atoms with van der Waals surface area (Å²) < 4.78 is 0. The minimum atomic E-state index is -0.623. The highest BCUT2D eigenvalue weighted by atomic mass is 32.2. The molecule has 10 heteroatoms. The molecule has 1 saturated heterocycles. The SMILES string of the molecule is CCC(=O)Nc1ccc(Sc2nc(Nc3cc(C)n[nH]3)cc(N3CC(O)(C4CCCC4)C3)n2)cc1. The van der Waals surface area contributed by atoms with Crippen molar-refractivity contribution in [1.29, 1.82) is 0 Å². The normalized spacial score (nSPS) is 17.3. The Bertz CT molecular complexity index is 1180. The van der Waals surface area contributed by atoms with Crippen LogP contribution in [0.1, 0.15) is 44.7 Å². The van der Waals surface area contributed by atoms with Crippen LogP contribution in [0.4, 0.5) is 23.1 Å². The van der Waals surface area contributed by atoms with Crippen LogP contribution in [0, 0.1) is 12.8 Å². The Balaban J connectivity index is 1.35. The predicted molar refractivity (Wildman–Crippen MR) is 137 cm³/mol. The molecule has 1 saturated carbocycles. The zero-order valence-electron chi connectivity index (χ0n) is 20.0. The standard InChI is InChI=1S/C25H31N7O2S/c1-3-23(33)26-18-8-10-19(11-9-18)35-24-28-20(27-21-12-16(2)30-31-21)13-22(29-24)32-14-25(34,15-32)17-6-4-5-7-17/h8-13,17,34H,3-7,14-15H2,1-2H3,(H,26,33)(H2,27,28,29,30,31). The molecule has 1 aliphatic carbocycles. The Kier molecular flexibility index (Phi) is 6.66. The van der Waals surface area contributed by atoms with Gasteiger partial charge in [0.2, 0.25) is 5.91 Å². The number of aliphatic hydroxyl groups is 1. The van der Waals surface area contributed by atoms with Gasteiger partial charge in [-0.15, -0.1) is 0 Å². The minimum absolute atomic E-state index is 0.0155. The van der Waals surface area contributed by atoms with Gasteiger partial charge >= 0.3 is 0 Å². The van der Waals surface area contributed by atoms with E-state index in [-0.39, 0.29) is 5.91 Å². The number of hydrogen-bond acceptors (Lipinski definition) is 8. The number of aryl methyl sites for hydroxylation is 1. The molecule has 0 atom stereocenters. The van der Waals surface area contributed by atoms with Crippen molar-refractivity contribution in [2.45, 2.75) is 61.6 Å². The van der Waals surface area contributed by atoms with Crippen molar-refractivity contribution < 1.29 is 9.90 Å². The third-order valence-corrected chi connectivity index (χ3v) is 7.57. The van der Waals surface area contributed by atoms with E-state index >= 15 is 0 Å². The maximum Gasteiger partial charge on any atom is 0.224 e. The van der Waals surface area contributed by atoms with Gasteiger partial charge in [-0.3, -0.25) is 9.89 Å². The molecule has 1 aliphatic heterocycles. The zero-order valence-corrected chi connectivity index (χ0v) is 20.9. The molecule has 0 unspecified atom stereocenters. The summed E-state index contributed by atoms with van der Waals surface area (Å²) in [6.45, 7) is 4.93. The van der Waals surface area contributed by atoms with Crippen LogP contribution in [0.5, 0.6) is 0 Å². The number of amides is 1. The number of hydrogen-bond donors (Lipinski definition) is 4. The van der Waals surface area contributed by atoms with Crippen molar-refractivity contribution in [1.82, 2.24) is 20.2 Å². The molecular formula is C25H31N7O2S. The van der Waals surface area contributed by atoms with Gasteiger partial charge in [0.1, 0.15) is 23.1 Å². The van der Waals surface area contributed by atoms with Gasteiger partial charge in [-0.05, 0) is 61.7 Å². The third-order valence-electron chi connectivity index (χ3n) is 6.70. The molecule has 1 amide bonds. The first kappa shape index (κ1) is 23.6. The fourth-order valence-corrected chi connectivity index (χ4v) is 5.53. The Morgan fingerprint density at radius 2 is 1.94 bits per heavy atom. The number of benzene rings is 1. The van der Waals surface area contributed by atoms with Crippen LogP contribution in [0.15, 0.2) is 46.5 Å². The number of β-amino-alcohol motifs (C(OH)–C–C–N with tert-alkyl or cyclic N) is 1. The second-order valence-corrected chi connectivity index (χ2v) is 10.5. The largest absolute Gasteiger partial charge is 0.386 e. The van der Waals surface area contributed by atoms with Crippen molar-refractivity contribution in [3.8, 4) is 0 Å². The summed E-state index contributed by atoms with van der Waals surface area (Å²) in [7, 11) is 0. The van der Waals surface area contributed by atoms with Crippen LogP contribution < -0.4 is 15.5 Å². The van der Waals surface area contributed by atoms with Crippen molar-refractivity contribution in [2.24, 2.45) is 5.92 Å². The second-order valence-electron chi connectivity index (χ2n) is 9.41. The summed E-state index contributed by atoms with van der Waals surface area (Å²) in [6.07, 6.45) is 5.07. The highest BCUT2D eigenvalue weighted by Gasteiger charge is 2.48. The highest BCUT2D eigenvalue weighted by Crippen LogP contribution is 2.41. The number of nitrogens with zero attached hydrogens (tertiary/aromatic N) is 4. The van der Waals surface area contributed by atoms with Crippen LogP contribution in [0.2, 0.25) is 0 Å². The van der Waals surface area contributed by atoms with E-state index in [0.29, 0.717) is 36.4 Å². The van der Waals surface area contributed by atoms with Gasteiger partial charge in [0.25, 0.3) is 0 Å². The molecule has 3 heterocycles. The topological polar surface area (TPSA) is 119 Å². The molecule has 0 radical (unpaired) electrons. The Morgan fingerprint density at radius 1 is 1.20 bits per heavy atom. The number of carbonyl (C=O) groups excluding carboxylic acids is 1. The van der Waals surface area contributed by atoms with Crippen LogP contribution in [0.3, 0.4) is 0 Å². The number of H-pyrrole nitrogens is 1. The lowest BCUT2D eigenvalue weighted by atomic mass is 9.79. The molecule has 4 N–H and O–H groups in total. The van der Waals surface area contributed by atoms with Crippen LogP contribution in [-0.2, 0) is 4.79 Å². The first-order valence-corrected chi connectivity index (χ1v) is 12.9. The molecule has 3 aromatic rings. The third kappa shape index (κ3) is 5.43. The van der Waals surface area contributed by atoms with E-state index in [2.05, 4.69) is 25.7 Å². The lowest BCUT2D eigenvalue weighted by molar-refractivity contribution is -0.115. The summed E-state index contributed by atoms with van der Waals surface area (Å²) in [5.74, 6) is 2.57. The lowest BCUT2D eigenvalue weighted by Crippen LogP contribution is -2.65. The maximum atomic E-state index is 11.6. The molecule has 0 spiro atoms. The molecule has 5 rings (SSSR count). The summed E-state index contributed by atoms with van der Waals surface area (Å²) in [6, 6.07) is 11.5. The van der Waals surface area contributed by atoms with Gasteiger partial charge in [0.15, 0.2) is 5.16 Å². The molecule has 2 aromatic heterocycles. The molecule has 184 valence electrons.